The fraction of sp³-hybridized carbons (Fsp3) is 0.500. The number of imide groups is 1. The van der Waals surface area contributed by atoms with Crippen molar-refractivity contribution >= 4 is 43.9 Å². The van der Waals surface area contributed by atoms with Gasteiger partial charge in [0, 0.05) is 0 Å². The van der Waals surface area contributed by atoms with E-state index in [9.17, 15) is 9.59 Å². The highest BCUT2D eigenvalue weighted by Gasteiger charge is 2.43. The lowest BCUT2D eigenvalue weighted by Crippen LogP contribution is -2.46. The highest BCUT2D eigenvalue weighted by Crippen LogP contribution is 2.35. The number of rotatable bonds is 5. The Morgan fingerprint density at radius 2 is 1.91 bits per heavy atom. The molecule has 23 heavy (non-hydrogen) atoms. The Balaban J connectivity index is 2.15. The largest absolute Gasteiger partial charge is 0.497 e. The molecule has 0 N–H and O–H groups in total. The summed E-state index contributed by atoms with van der Waals surface area (Å²) < 4.78 is 10.2. The zero-order valence-corrected chi connectivity index (χ0v) is 16.3. The van der Waals surface area contributed by atoms with E-state index in [0.717, 1.165) is 11.3 Å². The SMILES string of the molecule is COc1ccc(C(Br)C(Br)C(=O)N2C(=O)OC[C@@H]2C(C)C)cc1. The highest BCUT2D eigenvalue weighted by atomic mass is 79.9. The minimum Gasteiger partial charge on any atom is -0.497 e. The van der Waals surface area contributed by atoms with Crippen molar-refractivity contribution in [3.63, 3.8) is 0 Å². The first-order chi connectivity index (χ1) is 10.9. The van der Waals surface area contributed by atoms with Gasteiger partial charge in [-0.1, -0.05) is 57.8 Å². The second-order valence-corrected chi connectivity index (χ2v) is 7.65. The average Bonchev–Trinajstić information content (AvgIpc) is 2.94. The molecule has 3 atom stereocenters. The Morgan fingerprint density at radius 1 is 1.30 bits per heavy atom. The van der Waals surface area contributed by atoms with Crippen molar-refractivity contribution in [1.82, 2.24) is 4.90 Å². The van der Waals surface area contributed by atoms with Crippen LogP contribution in [0.5, 0.6) is 5.75 Å². The lowest BCUT2D eigenvalue weighted by atomic mass is 10.0. The Bertz CT molecular complexity index is 576. The van der Waals surface area contributed by atoms with E-state index in [0.29, 0.717) is 0 Å². The van der Waals surface area contributed by atoms with E-state index in [-0.39, 0.29) is 29.3 Å². The summed E-state index contributed by atoms with van der Waals surface area (Å²) in [7, 11) is 1.60. The van der Waals surface area contributed by atoms with Crippen molar-refractivity contribution in [2.45, 2.75) is 29.5 Å². The third kappa shape index (κ3) is 3.88. The predicted molar refractivity (Wildman–Crippen MR) is 94.2 cm³/mol. The van der Waals surface area contributed by atoms with Crippen molar-refractivity contribution in [2.24, 2.45) is 5.92 Å². The number of cyclic esters (lactones) is 1. The predicted octanol–water partition coefficient (Wildman–Crippen LogP) is 3.90. The molecule has 1 saturated heterocycles. The zero-order valence-electron chi connectivity index (χ0n) is 13.2. The summed E-state index contributed by atoms with van der Waals surface area (Å²) in [6.07, 6.45) is -0.576. The van der Waals surface area contributed by atoms with Gasteiger partial charge in [0.25, 0.3) is 0 Å². The number of carbonyl (C=O) groups excluding carboxylic acids is 2. The second kappa shape index (κ2) is 7.66. The highest BCUT2D eigenvalue weighted by molar-refractivity contribution is 9.12. The van der Waals surface area contributed by atoms with Gasteiger partial charge in [-0.25, -0.2) is 9.69 Å². The number of alkyl halides is 2. The molecule has 1 heterocycles. The molecule has 0 aromatic heterocycles. The number of hydrogen-bond donors (Lipinski definition) is 0. The molecule has 1 fully saturated rings. The van der Waals surface area contributed by atoms with Gasteiger partial charge >= 0.3 is 6.09 Å². The molecule has 0 radical (unpaired) electrons. The van der Waals surface area contributed by atoms with Gasteiger partial charge in [0.15, 0.2) is 0 Å². The van der Waals surface area contributed by atoms with Crippen LogP contribution in [-0.4, -0.2) is 41.5 Å². The van der Waals surface area contributed by atoms with E-state index in [2.05, 4.69) is 31.9 Å². The number of methoxy groups -OCH3 is 1. The summed E-state index contributed by atoms with van der Waals surface area (Å²) in [4.78, 5) is 25.0. The standard InChI is InChI=1S/C16H19Br2NO4/c1-9(2)12-8-23-16(21)19(12)15(20)14(18)13(17)10-4-6-11(22-3)7-5-10/h4-7,9,12-14H,8H2,1-3H3/t12-,13?,14?/m1/s1. The molecule has 1 aliphatic rings. The van der Waals surface area contributed by atoms with E-state index < -0.39 is 10.9 Å². The maximum atomic E-state index is 12.7. The number of benzene rings is 1. The van der Waals surface area contributed by atoms with Crippen LogP contribution in [0.3, 0.4) is 0 Å². The molecule has 7 heteroatoms. The van der Waals surface area contributed by atoms with Gasteiger partial charge in [0.05, 0.1) is 18.0 Å². The van der Waals surface area contributed by atoms with Gasteiger partial charge in [-0.2, -0.15) is 0 Å². The molecule has 0 aliphatic carbocycles. The van der Waals surface area contributed by atoms with Gasteiger partial charge in [0.2, 0.25) is 5.91 Å². The third-order valence-corrected chi connectivity index (χ3v) is 6.53. The maximum Gasteiger partial charge on any atom is 0.417 e. The molecule has 2 unspecified atom stereocenters. The summed E-state index contributed by atoms with van der Waals surface area (Å²) in [5, 5.41) is 0. The smallest absolute Gasteiger partial charge is 0.417 e. The number of carbonyl (C=O) groups is 2. The zero-order chi connectivity index (χ0) is 17.1. The first-order valence-electron chi connectivity index (χ1n) is 7.28. The van der Waals surface area contributed by atoms with E-state index in [1.54, 1.807) is 7.11 Å². The Morgan fingerprint density at radius 3 is 2.43 bits per heavy atom. The average molecular weight is 449 g/mol. The number of nitrogens with zero attached hydrogens (tertiary/aromatic N) is 1. The van der Waals surface area contributed by atoms with Crippen LogP contribution in [0.1, 0.15) is 24.2 Å². The lowest BCUT2D eigenvalue weighted by molar-refractivity contribution is -0.129. The van der Waals surface area contributed by atoms with Crippen LogP contribution in [0.15, 0.2) is 24.3 Å². The van der Waals surface area contributed by atoms with Crippen LogP contribution in [0, 0.1) is 5.92 Å². The van der Waals surface area contributed by atoms with Crippen LogP contribution in [0.2, 0.25) is 0 Å². The molecule has 2 rings (SSSR count). The van der Waals surface area contributed by atoms with E-state index in [1.807, 2.05) is 38.1 Å². The monoisotopic (exact) mass is 447 g/mol. The van der Waals surface area contributed by atoms with E-state index in [4.69, 9.17) is 9.47 Å². The summed E-state index contributed by atoms with van der Waals surface area (Å²) in [5.74, 6) is 0.581. The first kappa shape index (κ1) is 18.3. The molecular weight excluding hydrogens is 430 g/mol. The van der Waals surface area contributed by atoms with E-state index in [1.165, 1.54) is 4.90 Å². The number of ether oxygens (including phenoxy) is 2. The molecule has 2 amide bonds. The minimum atomic E-state index is -0.581. The van der Waals surface area contributed by atoms with Crippen molar-refractivity contribution in [3.05, 3.63) is 29.8 Å². The molecular formula is C16H19Br2NO4. The molecule has 1 aliphatic heterocycles. The number of hydrogen-bond acceptors (Lipinski definition) is 4. The van der Waals surface area contributed by atoms with Crippen LogP contribution in [-0.2, 0) is 9.53 Å². The molecule has 1 aromatic rings. The van der Waals surface area contributed by atoms with Gasteiger partial charge in [-0.05, 0) is 23.6 Å². The molecule has 0 bridgehead atoms. The second-order valence-electron chi connectivity index (χ2n) is 5.67. The molecule has 126 valence electrons. The van der Waals surface area contributed by atoms with Crippen LogP contribution < -0.4 is 4.74 Å². The van der Waals surface area contributed by atoms with Crippen molar-refractivity contribution in [3.8, 4) is 5.75 Å². The lowest BCUT2D eigenvalue weighted by Gasteiger charge is -2.26. The van der Waals surface area contributed by atoms with Crippen LogP contribution in [0.4, 0.5) is 4.79 Å². The quantitative estimate of drug-likeness (QED) is 0.641. The summed E-state index contributed by atoms with van der Waals surface area (Å²) in [6.45, 7) is 4.17. The van der Waals surface area contributed by atoms with Crippen LogP contribution in [0.25, 0.3) is 0 Å². The van der Waals surface area contributed by atoms with Gasteiger partial charge in [-0.3, -0.25) is 4.79 Å². The maximum absolute atomic E-state index is 12.7. The Labute approximate surface area is 152 Å². The third-order valence-electron chi connectivity index (χ3n) is 3.84. The topological polar surface area (TPSA) is 55.8 Å². The molecule has 5 nitrogen and oxygen atoms in total. The van der Waals surface area contributed by atoms with Crippen molar-refractivity contribution < 1.29 is 19.1 Å². The van der Waals surface area contributed by atoms with Crippen LogP contribution >= 0.6 is 31.9 Å². The van der Waals surface area contributed by atoms with Gasteiger partial charge in [0.1, 0.15) is 17.2 Å². The molecule has 1 aromatic carbocycles. The normalized spacial score (nSPS) is 20.3. The number of halogens is 2. The van der Waals surface area contributed by atoms with Crippen molar-refractivity contribution in [2.75, 3.05) is 13.7 Å². The summed E-state index contributed by atoms with van der Waals surface area (Å²) >= 11 is 6.95. The Hall–Kier alpha value is -1.08. The fourth-order valence-electron chi connectivity index (χ4n) is 2.39. The summed E-state index contributed by atoms with van der Waals surface area (Å²) in [6, 6.07) is 7.18. The minimum absolute atomic E-state index is 0.139. The van der Waals surface area contributed by atoms with E-state index >= 15 is 0 Å². The van der Waals surface area contributed by atoms with Crippen molar-refractivity contribution in [1.29, 1.82) is 0 Å². The van der Waals surface area contributed by atoms with Gasteiger partial charge < -0.3 is 9.47 Å². The Kier molecular flexibility index (Phi) is 6.08. The summed E-state index contributed by atoms with van der Waals surface area (Å²) in [5.41, 5.74) is 0.912. The molecule has 0 saturated carbocycles. The van der Waals surface area contributed by atoms with Gasteiger partial charge in [-0.15, -0.1) is 0 Å². The first-order valence-corrected chi connectivity index (χ1v) is 9.11. The molecule has 0 spiro atoms. The fourth-order valence-corrected chi connectivity index (χ4v) is 3.45. The number of amides is 2.